The molecule has 1 rings (SSSR count). The Labute approximate surface area is 78.7 Å². The van der Waals surface area contributed by atoms with Gasteiger partial charge in [-0.1, -0.05) is 25.6 Å². The van der Waals surface area contributed by atoms with Gasteiger partial charge in [0.1, 0.15) is 0 Å². The molecular formula is C9H16NOS. The zero-order valence-corrected chi connectivity index (χ0v) is 8.78. The number of carbonyl (C=O) groups is 1. The molecule has 0 unspecified atom stereocenters. The van der Waals surface area contributed by atoms with Crippen LogP contribution in [0.15, 0.2) is 0 Å². The summed E-state index contributed by atoms with van der Waals surface area (Å²) >= 11 is 1.48. The van der Waals surface area contributed by atoms with Crippen LogP contribution in [0.5, 0.6) is 0 Å². The number of thioether (sulfide) groups is 1. The van der Waals surface area contributed by atoms with Gasteiger partial charge in [0.05, 0.1) is 0 Å². The largest absolute Gasteiger partial charge is 0.300 e. The van der Waals surface area contributed by atoms with E-state index in [0.29, 0.717) is 5.25 Å². The van der Waals surface area contributed by atoms with Crippen LogP contribution in [-0.2, 0) is 4.79 Å². The van der Waals surface area contributed by atoms with Crippen LogP contribution in [0, 0.1) is 5.92 Å². The molecular weight excluding hydrogens is 170 g/mol. The van der Waals surface area contributed by atoms with E-state index in [1.807, 2.05) is 0 Å². The van der Waals surface area contributed by atoms with Crippen molar-refractivity contribution in [3.05, 3.63) is 5.92 Å². The second-order valence-electron chi connectivity index (χ2n) is 3.63. The average molecular weight is 186 g/mol. The maximum atomic E-state index is 10.7. The zero-order chi connectivity index (χ0) is 9.14. The maximum absolute atomic E-state index is 10.7. The van der Waals surface area contributed by atoms with Crippen molar-refractivity contribution < 1.29 is 4.79 Å². The van der Waals surface area contributed by atoms with Gasteiger partial charge in [0.25, 0.3) is 0 Å². The minimum absolute atomic E-state index is 0.247. The van der Waals surface area contributed by atoms with Crippen molar-refractivity contribution >= 4 is 16.9 Å². The molecule has 0 atom stereocenters. The van der Waals surface area contributed by atoms with Gasteiger partial charge in [0.15, 0.2) is 5.12 Å². The highest BCUT2D eigenvalue weighted by atomic mass is 32.2. The van der Waals surface area contributed by atoms with E-state index in [9.17, 15) is 4.79 Å². The Balaban J connectivity index is 2.08. The Kier molecular flexibility index (Phi) is 3.59. The van der Waals surface area contributed by atoms with Gasteiger partial charge in [-0.25, -0.2) is 0 Å². The summed E-state index contributed by atoms with van der Waals surface area (Å²) in [5.41, 5.74) is 0. The summed E-state index contributed by atoms with van der Waals surface area (Å²) in [6, 6.07) is 0. The lowest BCUT2D eigenvalue weighted by Gasteiger charge is -2.39. The molecule has 69 valence electrons. The molecule has 1 aliphatic heterocycles. The molecule has 0 N–H and O–H groups in total. The van der Waals surface area contributed by atoms with E-state index in [2.05, 4.69) is 18.7 Å². The predicted molar refractivity (Wildman–Crippen MR) is 53.1 cm³/mol. The SMILES string of the molecule is C[C](C)CN1CC(SC(C)=O)C1. The van der Waals surface area contributed by atoms with Crippen LogP contribution < -0.4 is 0 Å². The van der Waals surface area contributed by atoms with Crippen LogP contribution in [0.25, 0.3) is 0 Å². The lowest BCUT2D eigenvalue weighted by atomic mass is 10.1. The average Bonchev–Trinajstić information content (AvgIpc) is 1.80. The zero-order valence-electron chi connectivity index (χ0n) is 7.96. The van der Waals surface area contributed by atoms with E-state index in [1.165, 1.54) is 17.7 Å². The number of hydrogen-bond donors (Lipinski definition) is 0. The summed E-state index contributed by atoms with van der Waals surface area (Å²) in [6.07, 6.45) is 0. The standard InChI is InChI=1S/C9H16NOS/c1-7(2)4-10-5-9(6-10)12-8(3)11/h9H,4-6H2,1-3H3. The van der Waals surface area contributed by atoms with Crippen molar-refractivity contribution in [3.63, 3.8) is 0 Å². The molecule has 12 heavy (non-hydrogen) atoms. The summed E-state index contributed by atoms with van der Waals surface area (Å²) in [5, 5.41) is 0.804. The van der Waals surface area contributed by atoms with Crippen LogP contribution >= 0.6 is 11.8 Å². The van der Waals surface area contributed by atoms with Gasteiger partial charge >= 0.3 is 0 Å². The van der Waals surface area contributed by atoms with Crippen molar-refractivity contribution in [2.75, 3.05) is 19.6 Å². The summed E-state index contributed by atoms with van der Waals surface area (Å²) in [5.74, 6) is 1.45. The van der Waals surface area contributed by atoms with Crippen molar-refractivity contribution in [1.29, 1.82) is 0 Å². The molecule has 0 aromatic carbocycles. The molecule has 3 heteroatoms. The van der Waals surface area contributed by atoms with Crippen LogP contribution in [0.4, 0.5) is 0 Å². The van der Waals surface area contributed by atoms with Crippen LogP contribution in [0.1, 0.15) is 20.8 Å². The van der Waals surface area contributed by atoms with Gasteiger partial charge in [-0.05, 0) is 5.92 Å². The third kappa shape index (κ3) is 3.15. The molecule has 0 bridgehead atoms. The Hall–Kier alpha value is -0.0200. The van der Waals surface area contributed by atoms with E-state index in [0.717, 1.165) is 19.6 Å². The van der Waals surface area contributed by atoms with Crippen LogP contribution in [0.2, 0.25) is 0 Å². The highest BCUT2D eigenvalue weighted by Gasteiger charge is 2.28. The van der Waals surface area contributed by atoms with E-state index < -0.39 is 0 Å². The molecule has 1 radical (unpaired) electrons. The third-order valence-corrected chi connectivity index (χ3v) is 2.76. The Morgan fingerprint density at radius 1 is 1.42 bits per heavy atom. The maximum Gasteiger partial charge on any atom is 0.186 e. The molecule has 1 aliphatic rings. The first kappa shape index (κ1) is 10.1. The fourth-order valence-electron chi connectivity index (χ4n) is 1.41. The number of carbonyl (C=O) groups excluding carboxylic acids is 1. The first-order valence-electron chi connectivity index (χ1n) is 4.26. The van der Waals surface area contributed by atoms with Crippen molar-refractivity contribution in [2.24, 2.45) is 0 Å². The minimum Gasteiger partial charge on any atom is -0.300 e. The van der Waals surface area contributed by atoms with Crippen molar-refractivity contribution in [1.82, 2.24) is 4.90 Å². The third-order valence-electron chi connectivity index (χ3n) is 1.80. The molecule has 1 heterocycles. The van der Waals surface area contributed by atoms with Crippen LogP contribution in [0.3, 0.4) is 0 Å². The first-order valence-corrected chi connectivity index (χ1v) is 5.14. The summed E-state index contributed by atoms with van der Waals surface area (Å²) < 4.78 is 0. The van der Waals surface area contributed by atoms with Gasteiger partial charge < -0.3 is 4.90 Å². The second-order valence-corrected chi connectivity index (χ2v) is 5.11. The molecule has 2 nitrogen and oxygen atoms in total. The van der Waals surface area contributed by atoms with Gasteiger partial charge in [0, 0.05) is 31.8 Å². The number of hydrogen-bond acceptors (Lipinski definition) is 3. The lowest BCUT2D eigenvalue weighted by molar-refractivity contribution is -0.109. The summed E-state index contributed by atoms with van der Waals surface area (Å²) in [4.78, 5) is 13.1. The second kappa shape index (κ2) is 4.28. The fraction of sp³-hybridized carbons (Fsp3) is 0.778. The molecule has 0 aromatic rings. The first-order chi connectivity index (χ1) is 5.58. The molecule has 0 aromatic heterocycles. The molecule has 0 saturated carbocycles. The van der Waals surface area contributed by atoms with E-state index in [-0.39, 0.29) is 5.12 Å². The minimum atomic E-state index is 0.247. The van der Waals surface area contributed by atoms with Crippen LogP contribution in [-0.4, -0.2) is 34.9 Å². The van der Waals surface area contributed by atoms with Gasteiger partial charge in [-0.2, -0.15) is 0 Å². The normalized spacial score (nSPS) is 19.7. The molecule has 0 aliphatic carbocycles. The summed E-state index contributed by atoms with van der Waals surface area (Å²) in [6.45, 7) is 9.18. The highest BCUT2D eigenvalue weighted by Crippen LogP contribution is 2.23. The number of nitrogens with zero attached hydrogens (tertiary/aromatic N) is 1. The molecule has 1 fully saturated rings. The lowest BCUT2D eigenvalue weighted by Crippen LogP contribution is -2.50. The predicted octanol–water partition coefficient (Wildman–Crippen LogP) is 1.56. The molecule has 1 saturated heterocycles. The van der Waals surface area contributed by atoms with E-state index >= 15 is 0 Å². The van der Waals surface area contributed by atoms with E-state index in [1.54, 1.807) is 6.92 Å². The smallest absolute Gasteiger partial charge is 0.186 e. The Bertz CT molecular complexity index is 164. The topological polar surface area (TPSA) is 20.3 Å². The molecule has 0 spiro atoms. The Morgan fingerprint density at radius 3 is 2.42 bits per heavy atom. The number of likely N-dealkylation sites (tertiary alicyclic amines) is 1. The summed E-state index contributed by atoms with van der Waals surface area (Å²) in [7, 11) is 0. The van der Waals surface area contributed by atoms with E-state index in [4.69, 9.17) is 0 Å². The fourth-order valence-corrected chi connectivity index (χ4v) is 2.45. The quantitative estimate of drug-likeness (QED) is 0.667. The van der Waals surface area contributed by atoms with Crippen molar-refractivity contribution in [3.8, 4) is 0 Å². The van der Waals surface area contributed by atoms with Gasteiger partial charge in [0.2, 0.25) is 0 Å². The Morgan fingerprint density at radius 2 is 2.00 bits per heavy atom. The highest BCUT2D eigenvalue weighted by molar-refractivity contribution is 8.14. The van der Waals surface area contributed by atoms with Gasteiger partial charge in [-0.15, -0.1) is 0 Å². The molecule has 0 amide bonds. The number of rotatable bonds is 3. The van der Waals surface area contributed by atoms with Crippen molar-refractivity contribution in [2.45, 2.75) is 26.0 Å². The van der Waals surface area contributed by atoms with Gasteiger partial charge in [-0.3, -0.25) is 4.79 Å². The monoisotopic (exact) mass is 186 g/mol.